The van der Waals surface area contributed by atoms with Crippen LogP contribution < -0.4 is 15.4 Å². The molecule has 0 aromatic heterocycles. The van der Waals surface area contributed by atoms with E-state index >= 15 is 0 Å². The molecule has 20 heavy (non-hydrogen) atoms. The van der Waals surface area contributed by atoms with Crippen molar-refractivity contribution < 1.29 is 9.53 Å². The Morgan fingerprint density at radius 1 is 1.25 bits per heavy atom. The largest absolute Gasteiger partial charge is 0.497 e. The smallest absolute Gasteiger partial charge is 0.315 e. The Labute approximate surface area is 120 Å². The molecule has 1 aliphatic carbocycles. The van der Waals surface area contributed by atoms with Gasteiger partial charge in [-0.1, -0.05) is 31.9 Å². The maximum Gasteiger partial charge on any atom is 0.315 e. The van der Waals surface area contributed by atoms with Gasteiger partial charge in [-0.25, -0.2) is 4.79 Å². The number of ether oxygens (including phenoxy) is 1. The van der Waals surface area contributed by atoms with E-state index in [1.807, 2.05) is 24.3 Å². The van der Waals surface area contributed by atoms with Crippen molar-refractivity contribution in [2.24, 2.45) is 5.92 Å². The van der Waals surface area contributed by atoms with E-state index in [4.69, 9.17) is 4.74 Å². The molecule has 2 rings (SSSR count). The summed E-state index contributed by atoms with van der Waals surface area (Å²) in [6, 6.07) is 7.97. The molecule has 1 saturated carbocycles. The minimum atomic E-state index is -0.0698. The lowest BCUT2D eigenvalue weighted by molar-refractivity contribution is 0.221. The zero-order valence-electron chi connectivity index (χ0n) is 12.3. The van der Waals surface area contributed by atoms with Crippen LogP contribution in [0.5, 0.6) is 5.75 Å². The number of nitrogens with one attached hydrogen (secondary N) is 2. The summed E-state index contributed by atoms with van der Waals surface area (Å²) in [5.41, 5.74) is 1.07. The number of hydrogen-bond acceptors (Lipinski definition) is 2. The summed E-state index contributed by atoms with van der Waals surface area (Å²) in [6.45, 7) is 2.75. The second kappa shape index (κ2) is 7.17. The molecule has 1 aromatic rings. The molecule has 110 valence electrons. The van der Waals surface area contributed by atoms with E-state index in [2.05, 4.69) is 17.6 Å². The van der Waals surface area contributed by atoms with E-state index in [0.29, 0.717) is 18.5 Å². The zero-order chi connectivity index (χ0) is 14.4. The summed E-state index contributed by atoms with van der Waals surface area (Å²) in [5.74, 6) is 1.41. The lowest BCUT2D eigenvalue weighted by Gasteiger charge is -2.29. The zero-order valence-corrected chi connectivity index (χ0v) is 12.3. The molecule has 1 aliphatic rings. The molecule has 2 atom stereocenters. The topological polar surface area (TPSA) is 50.4 Å². The number of methoxy groups -OCH3 is 1. The number of amides is 2. The Morgan fingerprint density at radius 3 is 2.60 bits per heavy atom. The fourth-order valence-corrected chi connectivity index (χ4v) is 2.68. The predicted molar refractivity (Wildman–Crippen MR) is 79.8 cm³/mol. The first kappa shape index (κ1) is 14.7. The molecule has 1 fully saturated rings. The fourth-order valence-electron chi connectivity index (χ4n) is 2.68. The maximum absolute atomic E-state index is 11.9. The van der Waals surface area contributed by atoms with Crippen molar-refractivity contribution in [1.82, 2.24) is 10.6 Å². The molecule has 0 radical (unpaired) electrons. The molecule has 0 spiro atoms. The van der Waals surface area contributed by atoms with Crippen molar-refractivity contribution in [1.29, 1.82) is 0 Å². The van der Waals surface area contributed by atoms with Crippen LogP contribution in [0.2, 0.25) is 0 Å². The number of hydrogen-bond donors (Lipinski definition) is 2. The molecular formula is C16H24N2O2. The maximum atomic E-state index is 11.9. The molecule has 0 saturated heterocycles. The molecule has 4 heteroatoms. The highest BCUT2D eigenvalue weighted by atomic mass is 16.5. The summed E-state index contributed by atoms with van der Waals surface area (Å²) in [4.78, 5) is 11.9. The molecule has 4 nitrogen and oxygen atoms in total. The number of rotatable bonds is 4. The van der Waals surface area contributed by atoms with Crippen LogP contribution in [0.1, 0.15) is 38.2 Å². The van der Waals surface area contributed by atoms with Gasteiger partial charge in [0.2, 0.25) is 0 Å². The minimum Gasteiger partial charge on any atom is -0.497 e. The van der Waals surface area contributed by atoms with E-state index in [0.717, 1.165) is 17.7 Å². The van der Waals surface area contributed by atoms with Gasteiger partial charge in [-0.2, -0.15) is 0 Å². The average molecular weight is 276 g/mol. The van der Waals surface area contributed by atoms with E-state index in [1.165, 1.54) is 19.3 Å². The molecule has 2 amide bonds. The average Bonchev–Trinajstić information content (AvgIpc) is 2.48. The summed E-state index contributed by atoms with van der Waals surface area (Å²) in [6.07, 6.45) is 4.81. The minimum absolute atomic E-state index is 0.0698. The first-order valence-corrected chi connectivity index (χ1v) is 7.36. The monoisotopic (exact) mass is 276 g/mol. The third-order valence-corrected chi connectivity index (χ3v) is 4.04. The Bertz CT molecular complexity index is 431. The molecular weight excluding hydrogens is 252 g/mol. The Morgan fingerprint density at radius 2 is 1.95 bits per heavy atom. The molecule has 0 unspecified atom stereocenters. The number of urea groups is 1. The summed E-state index contributed by atoms with van der Waals surface area (Å²) in [7, 11) is 1.64. The van der Waals surface area contributed by atoms with Crippen molar-refractivity contribution in [3.05, 3.63) is 29.8 Å². The molecule has 0 bridgehead atoms. The van der Waals surface area contributed by atoms with Crippen molar-refractivity contribution >= 4 is 6.03 Å². The molecule has 0 heterocycles. The quantitative estimate of drug-likeness (QED) is 0.888. The van der Waals surface area contributed by atoms with Gasteiger partial charge in [0.1, 0.15) is 5.75 Å². The van der Waals surface area contributed by atoms with Gasteiger partial charge in [-0.05, 0) is 36.5 Å². The van der Waals surface area contributed by atoms with Gasteiger partial charge in [-0.15, -0.1) is 0 Å². The molecule has 2 N–H and O–H groups in total. The Kier molecular flexibility index (Phi) is 5.27. The van der Waals surface area contributed by atoms with Crippen LogP contribution in [0.4, 0.5) is 4.79 Å². The van der Waals surface area contributed by atoms with Gasteiger partial charge in [0.25, 0.3) is 0 Å². The lowest BCUT2D eigenvalue weighted by Crippen LogP contribution is -2.45. The Balaban J connectivity index is 1.76. The van der Waals surface area contributed by atoms with E-state index in [-0.39, 0.29) is 6.03 Å². The van der Waals surface area contributed by atoms with Crippen LogP contribution in [-0.4, -0.2) is 19.2 Å². The SMILES string of the molecule is COc1ccc(CNC(=O)N[C@H]2CCCC[C@H]2C)cc1. The summed E-state index contributed by atoms with van der Waals surface area (Å²) < 4.78 is 5.11. The van der Waals surface area contributed by atoms with Crippen molar-refractivity contribution in [2.75, 3.05) is 7.11 Å². The number of carbonyl (C=O) groups excluding carboxylic acids is 1. The summed E-state index contributed by atoms with van der Waals surface area (Å²) >= 11 is 0. The first-order valence-electron chi connectivity index (χ1n) is 7.36. The predicted octanol–water partition coefficient (Wildman–Crippen LogP) is 3.07. The van der Waals surface area contributed by atoms with E-state index < -0.39 is 0 Å². The van der Waals surface area contributed by atoms with Gasteiger partial charge in [0.15, 0.2) is 0 Å². The molecule has 0 aliphatic heterocycles. The Hall–Kier alpha value is -1.71. The third-order valence-electron chi connectivity index (χ3n) is 4.04. The molecule has 1 aromatic carbocycles. The third kappa shape index (κ3) is 4.15. The van der Waals surface area contributed by atoms with Crippen LogP contribution in [-0.2, 0) is 6.54 Å². The van der Waals surface area contributed by atoms with Crippen molar-refractivity contribution in [3.63, 3.8) is 0 Å². The van der Waals surface area contributed by atoms with Crippen LogP contribution in [0.15, 0.2) is 24.3 Å². The van der Waals surface area contributed by atoms with Gasteiger partial charge in [-0.3, -0.25) is 0 Å². The van der Waals surface area contributed by atoms with Crippen molar-refractivity contribution in [3.8, 4) is 5.75 Å². The first-order chi connectivity index (χ1) is 9.69. The van der Waals surface area contributed by atoms with Gasteiger partial charge in [0, 0.05) is 12.6 Å². The van der Waals surface area contributed by atoms with Crippen LogP contribution in [0, 0.1) is 5.92 Å². The second-order valence-electron chi connectivity index (χ2n) is 5.54. The number of carbonyl (C=O) groups is 1. The van der Waals surface area contributed by atoms with Crippen LogP contribution in [0.25, 0.3) is 0 Å². The standard InChI is InChI=1S/C16H24N2O2/c1-12-5-3-4-6-15(12)18-16(19)17-11-13-7-9-14(20-2)10-8-13/h7-10,12,15H,3-6,11H2,1-2H3,(H2,17,18,19)/t12-,15+/m1/s1. The normalized spacial score (nSPS) is 22.1. The van der Waals surface area contributed by atoms with Crippen molar-refractivity contribution in [2.45, 2.75) is 45.2 Å². The number of benzene rings is 1. The summed E-state index contributed by atoms with van der Waals surface area (Å²) in [5, 5.41) is 6.00. The second-order valence-corrected chi connectivity index (χ2v) is 5.54. The lowest BCUT2D eigenvalue weighted by atomic mass is 9.86. The van der Waals surface area contributed by atoms with Gasteiger partial charge < -0.3 is 15.4 Å². The van der Waals surface area contributed by atoms with Gasteiger partial charge in [0.05, 0.1) is 7.11 Å². The fraction of sp³-hybridized carbons (Fsp3) is 0.562. The highest BCUT2D eigenvalue weighted by Gasteiger charge is 2.22. The van der Waals surface area contributed by atoms with Gasteiger partial charge >= 0.3 is 6.03 Å². The van der Waals surface area contributed by atoms with E-state index in [1.54, 1.807) is 7.11 Å². The van der Waals surface area contributed by atoms with Crippen LogP contribution in [0.3, 0.4) is 0 Å². The van der Waals surface area contributed by atoms with E-state index in [9.17, 15) is 4.79 Å². The highest BCUT2D eigenvalue weighted by molar-refractivity contribution is 5.74. The highest BCUT2D eigenvalue weighted by Crippen LogP contribution is 2.23. The van der Waals surface area contributed by atoms with Crippen LogP contribution >= 0.6 is 0 Å².